The number of hydrogen-bond donors (Lipinski definition) is 2. The van der Waals surface area contributed by atoms with Crippen molar-refractivity contribution < 1.29 is 14.0 Å². The summed E-state index contributed by atoms with van der Waals surface area (Å²) < 4.78 is 13.2. The minimum absolute atomic E-state index is 0.0465. The lowest BCUT2D eigenvalue weighted by Gasteiger charge is -2.29. The highest BCUT2D eigenvalue weighted by Crippen LogP contribution is 2.29. The number of carbonyl (C=O) groups excluding carboxylic acids is 2. The van der Waals surface area contributed by atoms with Crippen LogP contribution in [0, 0.1) is 5.82 Å². The first-order chi connectivity index (χ1) is 12.0. The number of piperazine rings is 1. The van der Waals surface area contributed by atoms with Gasteiger partial charge in [-0.2, -0.15) is 0 Å². The molecule has 3 rings (SSSR count). The lowest BCUT2D eigenvalue weighted by Crippen LogP contribution is -2.47. The number of anilines is 2. The van der Waals surface area contributed by atoms with Crippen LogP contribution in [0.5, 0.6) is 0 Å². The van der Waals surface area contributed by atoms with Crippen LogP contribution >= 0.6 is 11.6 Å². The fourth-order valence-electron chi connectivity index (χ4n) is 2.72. The van der Waals surface area contributed by atoms with Crippen LogP contribution in [0.1, 0.15) is 5.56 Å². The van der Waals surface area contributed by atoms with E-state index in [-0.39, 0.29) is 30.6 Å². The minimum Gasteiger partial charge on any atom is -0.359 e. The number of nitrogens with zero attached hydrogens (tertiary/aromatic N) is 1. The molecule has 0 spiro atoms. The molecule has 1 aliphatic heterocycles. The fourth-order valence-corrected chi connectivity index (χ4v) is 3.02. The summed E-state index contributed by atoms with van der Waals surface area (Å²) in [4.78, 5) is 25.5. The van der Waals surface area contributed by atoms with Crippen LogP contribution in [0.25, 0.3) is 0 Å². The van der Waals surface area contributed by atoms with Crippen molar-refractivity contribution in [2.75, 3.05) is 29.9 Å². The first kappa shape index (κ1) is 17.2. The molecule has 0 aliphatic carbocycles. The Morgan fingerprint density at radius 2 is 2.12 bits per heavy atom. The Kier molecular flexibility index (Phi) is 5.19. The molecule has 2 aromatic rings. The largest absolute Gasteiger partial charge is 0.359 e. The van der Waals surface area contributed by atoms with E-state index in [9.17, 15) is 14.0 Å². The van der Waals surface area contributed by atoms with Gasteiger partial charge >= 0.3 is 0 Å². The molecule has 0 bridgehead atoms. The molecule has 0 atom stereocenters. The van der Waals surface area contributed by atoms with Gasteiger partial charge in [0.1, 0.15) is 5.82 Å². The maximum absolute atomic E-state index is 13.2. The number of amides is 2. The van der Waals surface area contributed by atoms with Crippen molar-refractivity contribution in [3.8, 4) is 0 Å². The van der Waals surface area contributed by atoms with Gasteiger partial charge in [0, 0.05) is 18.8 Å². The SMILES string of the molecule is O=C1CN(c2ccc(NC(=O)Cc3cccc(F)c3)cc2Cl)CCN1. The quantitative estimate of drug-likeness (QED) is 0.880. The summed E-state index contributed by atoms with van der Waals surface area (Å²) in [5.74, 6) is -0.676. The van der Waals surface area contributed by atoms with Gasteiger partial charge in [0.25, 0.3) is 0 Å². The molecule has 2 amide bonds. The average Bonchev–Trinajstić information content (AvgIpc) is 2.54. The summed E-state index contributed by atoms with van der Waals surface area (Å²) in [6, 6.07) is 11.1. The van der Waals surface area contributed by atoms with E-state index in [1.807, 2.05) is 4.90 Å². The maximum atomic E-state index is 13.2. The van der Waals surface area contributed by atoms with Crippen LogP contribution in [-0.2, 0) is 16.0 Å². The van der Waals surface area contributed by atoms with Crippen molar-refractivity contribution in [2.45, 2.75) is 6.42 Å². The molecular formula is C18H17ClFN3O2. The molecule has 1 fully saturated rings. The number of benzene rings is 2. The van der Waals surface area contributed by atoms with Gasteiger partial charge in [0.2, 0.25) is 11.8 Å². The summed E-state index contributed by atoms with van der Waals surface area (Å²) in [5, 5.41) is 5.96. The molecule has 5 nitrogen and oxygen atoms in total. The van der Waals surface area contributed by atoms with Crippen LogP contribution < -0.4 is 15.5 Å². The minimum atomic E-state index is -0.372. The fraction of sp³-hybridized carbons (Fsp3) is 0.222. The predicted molar refractivity (Wildman–Crippen MR) is 95.4 cm³/mol. The van der Waals surface area contributed by atoms with Gasteiger partial charge in [-0.3, -0.25) is 9.59 Å². The normalized spacial score (nSPS) is 14.2. The Hall–Kier alpha value is -2.60. The van der Waals surface area contributed by atoms with E-state index in [0.29, 0.717) is 29.4 Å². The van der Waals surface area contributed by atoms with Gasteiger partial charge in [0.05, 0.1) is 23.7 Å². The first-order valence-electron chi connectivity index (χ1n) is 7.87. The lowest BCUT2D eigenvalue weighted by molar-refractivity contribution is -0.120. The van der Waals surface area contributed by atoms with E-state index < -0.39 is 0 Å². The van der Waals surface area contributed by atoms with Crippen LogP contribution in [0.4, 0.5) is 15.8 Å². The Labute approximate surface area is 149 Å². The van der Waals surface area contributed by atoms with E-state index in [1.165, 1.54) is 12.1 Å². The Balaban J connectivity index is 1.66. The van der Waals surface area contributed by atoms with Crippen molar-refractivity contribution in [3.63, 3.8) is 0 Å². The number of rotatable bonds is 4. The molecule has 130 valence electrons. The summed E-state index contributed by atoms with van der Waals surface area (Å²) in [6.07, 6.45) is 0.0728. The number of nitrogens with one attached hydrogen (secondary N) is 2. The molecule has 1 aliphatic rings. The lowest BCUT2D eigenvalue weighted by atomic mass is 10.1. The standard InChI is InChI=1S/C18H17ClFN3O2/c19-15-10-14(4-5-16(15)23-7-6-21-18(25)11-23)22-17(24)9-12-2-1-3-13(20)8-12/h1-5,8,10H,6-7,9,11H2,(H,21,25)(H,22,24). The van der Waals surface area contributed by atoms with E-state index in [1.54, 1.807) is 30.3 Å². The second-order valence-electron chi connectivity index (χ2n) is 5.79. The van der Waals surface area contributed by atoms with E-state index in [2.05, 4.69) is 10.6 Å². The number of hydrogen-bond acceptors (Lipinski definition) is 3. The summed E-state index contributed by atoms with van der Waals surface area (Å²) in [6.45, 7) is 1.50. The Morgan fingerprint density at radius 1 is 1.28 bits per heavy atom. The molecular weight excluding hydrogens is 345 g/mol. The third-order valence-corrected chi connectivity index (χ3v) is 4.17. The van der Waals surface area contributed by atoms with Crippen molar-refractivity contribution in [1.82, 2.24) is 5.32 Å². The smallest absolute Gasteiger partial charge is 0.239 e. The highest BCUT2D eigenvalue weighted by atomic mass is 35.5. The van der Waals surface area contributed by atoms with Gasteiger partial charge < -0.3 is 15.5 Å². The molecule has 1 heterocycles. The topological polar surface area (TPSA) is 61.4 Å². The molecule has 2 aromatic carbocycles. The molecule has 2 N–H and O–H groups in total. The zero-order valence-corrected chi connectivity index (χ0v) is 14.1. The highest BCUT2D eigenvalue weighted by Gasteiger charge is 2.18. The molecule has 7 heteroatoms. The number of carbonyl (C=O) groups is 2. The number of halogens is 2. The van der Waals surface area contributed by atoms with Crippen LogP contribution in [-0.4, -0.2) is 31.4 Å². The van der Waals surface area contributed by atoms with Gasteiger partial charge in [-0.1, -0.05) is 23.7 Å². The molecule has 0 radical (unpaired) electrons. The van der Waals surface area contributed by atoms with Crippen LogP contribution in [0.3, 0.4) is 0 Å². The zero-order valence-electron chi connectivity index (χ0n) is 13.4. The summed E-state index contributed by atoms with van der Waals surface area (Å²) in [7, 11) is 0. The van der Waals surface area contributed by atoms with Gasteiger partial charge in [-0.05, 0) is 35.9 Å². The highest BCUT2D eigenvalue weighted by molar-refractivity contribution is 6.33. The van der Waals surface area contributed by atoms with E-state index in [4.69, 9.17) is 11.6 Å². The third kappa shape index (κ3) is 4.48. The second-order valence-corrected chi connectivity index (χ2v) is 6.20. The van der Waals surface area contributed by atoms with Crippen molar-refractivity contribution >= 4 is 34.8 Å². The van der Waals surface area contributed by atoms with Gasteiger partial charge in [0.15, 0.2) is 0 Å². The second kappa shape index (κ2) is 7.53. The molecule has 0 aromatic heterocycles. The molecule has 0 saturated carbocycles. The van der Waals surface area contributed by atoms with E-state index in [0.717, 1.165) is 5.69 Å². The molecule has 25 heavy (non-hydrogen) atoms. The predicted octanol–water partition coefficient (Wildman–Crippen LogP) is 2.60. The molecule has 1 saturated heterocycles. The van der Waals surface area contributed by atoms with Gasteiger partial charge in [-0.15, -0.1) is 0 Å². The summed E-state index contributed by atoms with van der Waals surface area (Å²) in [5.41, 5.74) is 1.90. The van der Waals surface area contributed by atoms with Crippen molar-refractivity contribution in [3.05, 3.63) is 58.9 Å². The first-order valence-corrected chi connectivity index (χ1v) is 8.24. The van der Waals surface area contributed by atoms with Gasteiger partial charge in [-0.25, -0.2) is 4.39 Å². The van der Waals surface area contributed by atoms with Crippen molar-refractivity contribution in [1.29, 1.82) is 0 Å². The molecule has 0 unspecified atom stereocenters. The zero-order chi connectivity index (χ0) is 17.8. The third-order valence-electron chi connectivity index (χ3n) is 3.86. The Morgan fingerprint density at radius 3 is 2.84 bits per heavy atom. The van der Waals surface area contributed by atoms with Crippen LogP contribution in [0.15, 0.2) is 42.5 Å². The van der Waals surface area contributed by atoms with Crippen molar-refractivity contribution in [2.24, 2.45) is 0 Å². The Bertz CT molecular complexity index is 813. The maximum Gasteiger partial charge on any atom is 0.239 e. The average molecular weight is 362 g/mol. The monoisotopic (exact) mass is 361 g/mol. The summed E-state index contributed by atoms with van der Waals surface area (Å²) >= 11 is 6.30. The van der Waals surface area contributed by atoms with E-state index >= 15 is 0 Å². The van der Waals surface area contributed by atoms with Crippen LogP contribution in [0.2, 0.25) is 5.02 Å².